The van der Waals surface area contributed by atoms with Crippen LogP contribution in [0.4, 0.5) is 4.79 Å². The molecule has 0 radical (unpaired) electrons. The molecule has 1 heterocycles. The van der Waals surface area contributed by atoms with Gasteiger partial charge >= 0.3 is 12.0 Å². The second-order valence-electron chi connectivity index (χ2n) is 3.88. The zero-order chi connectivity index (χ0) is 12.0. The van der Waals surface area contributed by atoms with Crippen LogP contribution in [0.15, 0.2) is 0 Å². The Bertz CT molecular complexity index is 254. The first-order valence-corrected chi connectivity index (χ1v) is 6.60. The Labute approximate surface area is 99.6 Å². The van der Waals surface area contributed by atoms with Crippen LogP contribution in [0.1, 0.15) is 19.8 Å². The van der Waals surface area contributed by atoms with Crippen LogP contribution in [0.3, 0.4) is 0 Å². The molecule has 1 rings (SSSR count). The number of carbonyl (C=O) groups excluding carboxylic acids is 1. The average Bonchev–Trinajstić information content (AvgIpc) is 2.27. The lowest BCUT2D eigenvalue weighted by Crippen LogP contribution is -2.47. The minimum atomic E-state index is -0.824. The maximum absolute atomic E-state index is 11.7. The Morgan fingerprint density at radius 3 is 2.62 bits per heavy atom. The van der Waals surface area contributed by atoms with E-state index in [2.05, 4.69) is 5.32 Å². The largest absolute Gasteiger partial charge is 0.481 e. The molecule has 0 bridgehead atoms. The van der Waals surface area contributed by atoms with Gasteiger partial charge in [0.1, 0.15) is 0 Å². The summed E-state index contributed by atoms with van der Waals surface area (Å²) in [6, 6.07) is -0.156. The van der Waals surface area contributed by atoms with Gasteiger partial charge in [0, 0.05) is 37.1 Å². The third-order valence-corrected chi connectivity index (χ3v) is 3.40. The molecule has 92 valence electrons. The van der Waals surface area contributed by atoms with E-state index in [1.807, 2.05) is 18.7 Å². The summed E-state index contributed by atoms with van der Waals surface area (Å²) in [5, 5.41) is 11.3. The first-order chi connectivity index (χ1) is 7.59. The molecule has 0 aliphatic carbocycles. The van der Waals surface area contributed by atoms with Crippen molar-refractivity contribution in [3.63, 3.8) is 0 Å². The van der Waals surface area contributed by atoms with Gasteiger partial charge in [-0.15, -0.1) is 0 Å². The van der Waals surface area contributed by atoms with Crippen molar-refractivity contribution in [1.29, 1.82) is 0 Å². The monoisotopic (exact) mass is 246 g/mol. The molecule has 16 heavy (non-hydrogen) atoms. The third-order valence-electron chi connectivity index (χ3n) is 2.46. The van der Waals surface area contributed by atoms with Crippen molar-refractivity contribution >= 4 is 23.8 Å². The number of carboxylic acids is 1. The zero-order valence-corrected chi connectivity index (χ0v) is 10.3. The molecule has 2 N–H and O–H groups in total. The summed E-state index contributed by atoms with van der Waals surface area (Å²) in [7, 11) is 0. The average molecular weight is 246 g/mol. The number of carboxylic acid groups (broad SMARTS) is 1. The molecule has 0 aromatic heterocycles. The molecule has 1 aliphatic heterocycles. The lowest BCUT2D eigenvalue weighted by atomic mass is 10.2. The van der Waals surface area contributed by atoms with Crippen LogP contribution >= 0.6 is 11.8 Å². The molecule has 0 saturated carbocycles. The van der Waals surface area contributed by atoms with Gasteiger partial charge in [-0.2, -0.15) is 11.8 Å². The smallest absolute Gasteiger partial charge is 0.317 e. The van der Waals surface area contributed by atoms with Gasteiger partial charge in [0.05, 0.1) is 0 Å². The molecule has 2 amide bonds. The molecule has 1 unspecified atom stereocenters. The number of rotatable bonds is 4. The van der Waals surface area contributed by atoms with Gasteiger partial charge in [-0.05, 0) is 13.3 Å². The van der Waals surface area contributed by atoms with E-state index in [9.17, 15) is 9.59 Å². The summed E-state index contributed by atoms with van der Waals surface area (Å²) >= 11 is 1.85. The van der Waals surface area contributed by atoms with Gasteiger partial charge in [0.15, 0.2) is 0 Å². The minimum absolute atomic E-state index is 0.0711. The van der Waals surface area contributed by atoms with Crippen LogP contribution in [0, 0.1) is 0 Å². The number of hydrogen-bond donors (Lipinski definition) is 2. The molecule has 1 saturated heterocycles. The van der Waals surface area contributed by atoms with Crippen LogP contribution in [0.2, 0.25) is 0 Å². The number of amides is 2. The predicted octanol–water partition coefficient (Wildman–Crippen LogP) is 0.998. The first-order valence-electron chi connectivity index (χ1n) is 5.44. The molecular weight excluding hydrogens is 228 g/mol. The zero-order valence-electron chi connectivity index (χ0n) is 9.44. The molecule has 6 heteroatoms. The highest BCUT2D eigenvalue weighted by Gasteiger charge is 2.18. The molecule has 1 fully saturated rings. The number of hydrogen-bond acceptors (Lipinski definition) is 3. The summed E-state index contributed by atoms with van der Waals surface area (Å²) in [5.74, 6) is 1.14. The van der Waals surface area contributed by atoms with E-state index < -0.39 is 5.97 Å². The summed E-state index contributed by atoms with van der Waals surface area (Å²) in [5.41, 5.74) is 0. The summed E-state index contributed by atoms with van der Waals surface area (Å²) in [6.45, 7) is 3.39. The standard InChI is InChI=1S/C10H18N2O3S/c1-8(2-3-9(13)14)11-10(15)12-4-6-16-7-5-12/h8H,2-7H2,1H3,(H,11,15)(H,13,14). The van der Waals surface area contributed by atoms with Crippen molar-refractivity contribution in [1.82, 2.24) is 10.2 Å². The maximum atomic E-state index is 11.7. The Morgan fingerprint density at radius 2 is 2.06 bits per heavy atom. The summed E-state index contributed by atoms with van der Waals surface area (Å²) in [6.07, 6.45) is 0.570. The Kier molecular flexibility index (Phi) is 5.45. The van der Waals surface area contributed by atoms with Gasteiger partial charge in [-0.25, -0.2) is 4.79 Å². The SMILES string of the molecule is CC(CCC(=O)O)NC(=O)N1CCSCC1. The van der Waals surface area contributed by atoms with Crippen molar-refractivity contribution in [3.05, 3.63) is 0 Å². The van der Waals surface area contributed by atoms with Crippen molar-refractivity contribution in [3.8, 4) is 0 Å². The second-order valence-corrected chi connectivity index (χ2v) is 5.11. The quantitative estimate of drug-likeness (QED) is 0.776. The fourth-order valence-corrected chi connectivity index (χ4v) is 2.38. The third kappa shape index (κ3) is 4.74. The number of aliphatic carboxylic acids is 1. The lowest BCUT2D eigenvalue weighted by molar-refractivity contribution is -0.137. The second kappa shape index (κ2) is 6.62. The van der Waals surface area contributed by atoms with E-state index in [-0.39, 0.29) is 18.5 Å². The van der Waals surface area contributed by atoms with Crippen molar-refractivity contribution < 1.29 is 14.7 Å². The maximum Gasteiger partial charge on any atom is 0.317 e. The predicted molar refractivity (Wildman–Crippen MR) is 63.8 cm³/mol. The van der Waals surface area contributed by atoms with Crippen LogP contribution in [-0.2, 0) is 4.79 Å². The summed E-state index contributed by atoms with van der Waals surface area (Å²) in [4.78, 5) is 23.9. The molecule has 0 aromatic rings. The van der Waals surface area contributed by atoms with Crippen molar-refractivity contribution in [2.75, 3.05) is 24.6 Å². The van der Waals surface area contributed by atoms with Gasteiger partial charge in [0.2, 0.25) is 0 Å². The molecule has 0 aromatic carbocycles. The minimum Gasteiger partial charge on any atom is -0.481 e. The van der Waals surface area contributed by atoms with Gasteiger partial charge in [-0.1, -0.05) is 0 Å². The number of nitrogens with one attached hydrogen (secondary N) is 1. The summed E-state index contributed by atoms with van der Waals surface area (Å²) < 4.78 is 0. The van der Waals surface area contributed by atoms with Gasteiger partial charge < -0.3 is 15.3 Å². The topological polar surface area (TPSA) is 69.6 Å². The Morgan fingerprint density at radius 1 is 1.44 bits per heavy atom. The number of urea groups is 1. The molecule has 0 spiro atoms. The van der Waals surface area contributed by atoms with E-state index in [1.54, 1.807) is 4.90 Å². The van der Waals surface area contributed by atoms with Crippen molar-refractivity contribution in [2.24, 2.45) is 0 Å². The molecular formula is C10H18N2O3S. The number of nitrogens with zero attached hydrogens (tertiary/aromatic N) is 1. The van der Waals surface area contributed by atoms with Crippen LogP contribution in [-0.4, -0.2) is 52.6 Å². The molecule has 1 atom stereocenters. The first kappa shape index (κ1) is 13.2. The van der Waals surface area contributed by atoms with Gasteiger partial charge in [-0.3, -0.25) is 4.79 Å². The highest BCUT2D eigenvalue weighted by atomic mass is 32.2. The van der Waals surface area contributed by atoms with Crippen LogP contribution in [0.5, 0.6) is 0 Å². The Hall–Kier alpha value is -0.910. The highest BCUT2D eigenvalue weighted by Crippen LogP contribution is 2.09. The number of thioether (sulfide) groups is 1. The fraction of sp³-hybridized carbons (Fsp3) is 0.800. The van der Waals surface area contributed by atoms with E-state index in [4.69, 9.17) is 5.11 Å². The highest BCUT2D eigenvalue weighted by molar-refractivity contribution is 7.99. The van der Waals surface area contributed by atoms with Gasteiger partial charge in [0.25, 0.3) is 0 Å². The van der Waals surface area contributed by atoms with E-state index in [0.717, 1.165) is 24.6 Å². The van der Waals surface area contributed by atoms with E-state index >= 15 is 0 Å². The van der Waals surface area contributed by atoms with E-state index in [1.165, 1.54) is 0 Å². The van der Waals surface area contributed by atoms with Crippen LogP contribution in [0.25, 0.3) is 0 Å². The molecule has 5 nitrogen and oxygen atoms in total. The number of carbonyl (C=O) groups is 2. The normalized spacial score (nSPS) is 17.9. The lowest BCUT2D eigenvalue weighted by Gasteiger charge is -2.28. The molecule has 1 aliphatic rings. The fourth-order valence-electron chi connectivity index (χ4n) is 1.48. The van der Waals surface area contributed by atoms with Crippen LogP contribution < -0.4 is 5.32 Å². The van der Waals surface area contributed by atoms with E-state index in [0.29, 0.717) is 6.42 Å². The Balaban J connectivity index is 2.23. The van der Waals surface area contributed by atoms with Crippen molar-refractivity contribution in [2.45, 2.75) is 25.8 Å².